The Bertz CT molecular complexity index is 294. The quantitative estimate of drug-likeness (QED) is 0.522. The van der Waals surface area contributed by atoms with E-state index in [9.17, 15) is 9.59 Å². The maximum atomic E-state index is 11.1. The van der Waals surface area contributed by atoms with Gasteiger partial charge >= 0.3 is 0 Å². The number of aromatic nitrogens is 3. The number of H-pyrrole nitrogens is 1. The molecule has 1 aromatic heterocycles. The number of hydrogen-bond acceptors (Lipinski definition) is 4. The van der Waals surface area contributed by atoms with Gasteiger partial charge in [-0.15, -0.1) is 0 Å². The number of nitrogens with one attached hydrogen (secondary N) is 2. The van der Waals surface area contributed by atoms with Crippen LogP contribution in [0.25, 0.3) is 0 Å². The predicted molar refractivity (Wildman–Crippen MR) is 42.5 cm³/mol. The number of rotatable bonds is 4. The van der Waals surface area contributed by atoms with E-state index < -0.39 is 5.91 Å². The van der Waals surface area contributed by atoms with Gasteiger partial charge in [0, 0.05) is 13.0 Å². The molecule has 1 rings (SSSR count). The van der Waals surface area contributed by atoms with Crippen molar-refractivity contribution in [2.75, 3.05) is 6.54 Å². The molecular formula is C6H9N5O2. The SMILES string of the molecule is NC(=O)CCNC(=O)c1cn[nH]n1. The van der Waals surface area contributed by atoms with Gasteiger partial charge in [-0.05, 0) is 0 Å². The Hall–Kier alpha value is -1.92. The first-order valence-corrected chi connectivity index (χ1v) is 3.62. The van der Waals surface area contributed by atoms with E-state index in [4.69, 9.17) is 5.73 Å². The second-order valence-electron chi connectivity index (χ2n) is 2.33. The zero-order valence-corrected chi connectivity index (χ0v) is 6.78. The summed E-state index contributed by atoms with van der Waals surface area (Å²) in [7, 11) is 0. The number of nitrogens with two attached hydrogens (primary N) is 1. The Morgan fingerprint density at radius 1 is 1.62 bits per heavy atom. The van der Waals surface area contributed by atoms with Gasteiger partial charge in [0.25, 0.3) is 5.91 Å². The van der Waals surface area contributed by atoms with E-state index in [-0.39, 0.29) is 24.6 Å². The van der Waals surface area contributed by atoms with Crippen molar-refractivity contribution in [3.05, 3.63) is 11.9 Å². The average Bonchev–Trinajstić information content (AvgIpc) is 2.55. The van der Waals surface area contributed by atoms with Crippen LogP contribution < -0.4 is 11.1 Å². The molecule has 0 aliphatic carbocycles. The molecule has 7 nitrogen and oxygen atoms in total. The van der Waals surface area contributed by atoms with Crippen molar-refractivity contribution >= 4 is 11.8 Å². The van der Waals surface area contributed by atoms with E-state index in [1.807, 2.05) is 0 Å². The standard InChI is InChI=1S/C6H9N5O2/c7-5(12)1-2-8-6(13)4-3-9-11-10-4/h3H,1-2H2,(H2,7,12)(H,8,13)(H,9,10,11). The van der Waals surface area contributed by atoms with Crippen LogP contribution in [0, 0.1) is 0 Å². The van der Waals surface area contributed by atoms with Gasteiger partial charge in [-0.2, -0.15) is 15.4 Å². The first-order chi connectivity index (χ1) is 6.20. The summed E-state index contributed by atoms with van der Waals surface area (Å²) in [6.07, 6.45) is 1.41. The lowest BCUT2D eigenvalue weighted by molar-refractivity contribution is -0.117. The Kier molecular flexibility index (Phi) is 2.96. The highest BCUT2D eigenvalue weighted by Crippen LogP contribution is 1.87. The van der Waals surface area contributed by atoms with Crippen LogP contribution in [0.1, 0.15) is 16.9 Å². The minimum atomic E-state index is -0.458. The molecule has 0 atom stereocenters. The second kappa shape index (κ2) is 4.19. The molecule has 0 aliphatic heterocycles. The summed E-state index contributed by atoms with van der Waals surface area (Å²) in [6, 6.07) is 0. The van der Waals surface area contributed by atoms with Crippen molar-refractivity contribution in [3.63, 3.8) is 0 Å². The number of carbonyl (C=O) groups is 2. The first-order valence-electron chi connectivity index (χ1n) is 3.62. The molecule has 0 spiro atoms. The summed E-state index contributed by atoms with van der Waals surface area (Å²) < 4.78 is 0. The molecule has 0 fully saturated rings. The van der Waals surface area contributed by atoms with Crippen LogP contribution >= 0.6 is 0 Å². The maximum absolute atomic E-state index is 11.1. The lowest BCUT2D eigenvalue weighted by atomic mass is 10.4. The van der Waals surface area contributed by atoms with Crippen LogP contribution in [0.4, 0.5) is 0 Å². The molecule has 2 amide bonds. The van der Waals surface area contributed by atoms with Crippen molar-refractivity contribution < 1.29 is 9.59 Å². The van der Waals surface area contributed by atoms with Gasteiger partial charge in [-0.1, -0.05) is 0 Å². The lowest BCUT2D eigenvalue weighted by Gasteiger charge is -1.98. The van der Waals surface area contributed by atoms with Crippen LogP contribution in [-0.2, 0) is 4.79 Å². The number of amides is 2. The Morgan fingerprint density at radius 3 is 2.92 bits per heavy atom. The largest absolute Gasteiger partial charge is 0.370 e. The van der Waals surface area contributed by atoms with E-state index in [0.29, 0.717) is 0 Å². The smallest absolute Gasteiger partial charge is 0.273 e. The highest BCUT2D eigenvalue weighted by molar-refractivity contribution is 5.92. The van der Waals surface area contributed by atoms with E-state index in [1.165, 1.54) is 6.20 Å². The topological polar surface area (TPSA) is 114 Å². The van der Waals surface area contributed by atoms with Gasteiger partial charge in [-0.25, -0.2) is 0 Å². The fourth-order valence-electron chi connectivity index (χ4n) is 0.701. The van der Waals surface area contributed by atoms with E-state index in [1.54, 1.807) is 0 Å². The third-order valence-electron chi connectivity index (χ3n) is 1.30. The number of nitrogens with zero attached hydrogens (tertiary/aromatic N) is 2. The summed E-state index contributed by atoms with van der Waals surface area (Å²) in [4.78, 5) is 21.4. The van der Waals surface area contributed by atoms with Gasteiger partial charge in [0.2, 0.25) is 5.91 Å². The highest BCUT2D eigenvalue weighted by Gasteiger charge is 2.07. The van der Waals surface area contributed by atoms with E-state index >= 15 is 0 Å². The normalized spacial score (nSPS) is 9.54. The lowest BCUT2D eigenvalue weighted by Crippen LogP contribution is -2.28. The molecule has 0 radical (unpaired) electrons. The molecule has 0 saturated carbocycles. The molecule has 0 bridgehead atoms. The van der Waals surface area contributed by atoms with Gasteiger partial charge < -0.3 is 11.1 Å². The Balaban J connectivity index is 2.31. The van der Waals surface area contributed by atoms with Gasteiger partial charge in [0.15, 0.2) is 5.69 Å². The van der Waals surface area contributed by atoms with Crippen LogP contribution in [-0.4, -0.2) is 33.8 Å². The maximum Gasteiger partial charge on any atom is 0.273 e. The Labute approximate surface area is 73.7 Å². The van der Waals surface area contributed by atoms with Crippen LogP contribution in [0.15, 0.2) is 6.20 Å². The zero-order valence-electron chi connectivity index (χ0n) is 6.78. The van der Waals surface area contributed by atoms with Crippen LogP contribution in [0.3, 0.4) is 0 Å². The van der Waals surface area contributed by atoms with Gasteiger partial charge in [-0.3, -0.25) is 9.59 Å². The molecule has 13 heavy (non-hydrogen) atoms. The van der Waals surface area contributed by atoms with Crippen molar-refractivity contribution in [2.45, 2.75) is 6.42 Å². The molecule has 4 N–H and O–H groups in total. The van der Waals surface area contributed by atoms with E-state index in [2.05, 4.69) is 20.7 Å². The Morgan fingerprint density at radius 2 is 2.38 bits per heavy atom. The summed E-state index contributed by atoms with van der Waals surface area (Å²) in [5.74, 6) is -0.838. The summed E-state index contributed by atoms with van der Waals surface area (Å²) >= 11 is 0. The third-order valence-corrected chi connectivity index (χ3v) is 1.30. The highest BCUT2D eigenvalue weighted by atomic mass is 16.2. The molecule has 0 aromatic carbocycles. The molecular weight excluding hydrogens is 174 g/mol. The molecule has 0 unspecified atom stereocenters. The monoisotopic (exact) mass is 183 g/mol. The number of aromatic amines is 1. The second-order valence-corrected chi connectivity index (χ2v) is 2.33. The minimum Gasteiger partial charge on any atom is -0.370 e. The van der Waals surface area contributed by atoms with Gasteiger partial charge in [0.1, 0.15) is 0 Å². The molecule has 1 aromatic rings. The van der Waals surface area contributed by atoms with Crippen molar-refractivity contribution in [1.82, 2.24) is 20.7 Å². The summed E-state index contributed by atoms with van der Waals surface area (Å²) in [5, 5.41) is 11.8. The molecule has 1 heterocycles. The number of carbonyl (C=O) groups excluding carboxylic acids is 2. The van der Waals surface area contributed by atoms with Crippen LogP contribution in [0.5, 0.6) is 0 Å². The average molecular weight is 183 g/mol. The van der Waals surface area contributed by atoms with E-state index in [0.717, 1.165) is 0 Å². The zero-order chi connectivity index (χ0) is 9.68. The predicted octanol–water partition coefficient (Wildman–Crippen LogP) is -1.59. The van der Waals surface area contributed by atoms with Crippen LogP contribution in [0.2, 0.25) is 0 Å². The number of primary amides is 1. The minimum absolute atomic E-state index is 0.115. The number of hydrogen-bond donors (Lipinski definition) is 3. The fraction of sp³-hybridized carbons (Fsp3) is 0.333. The molecule has 0 aliphatic rings. The molecule has 7 heteroatoms. The van der Waals surface area contributed by atoms with Crippen molar-refractivity contribution in [1.29, 1.82) is 0 Å². The summed E-state index contributed by atoms with van der Waals surface area (Å²) in [5.41, 5.74) is 5.06. The fourth-order valence-corrected chi connectivity index (χ4v) is 0.701. The molecule has 70 valence electrons. The molecule has 0 saturated heterocycles. The van der Waals surface area contributed by atoms with Crippen molar-refractivity contribution in [2.24, 2.45) is 5.73 Å². The third kappa shape index (κ3) is 2.89. The van der Waals surface area contributed by atoms with Crippen molar-refractivity contribution in [3.8, 4) is 0 Å². The van der Waals surface area contributed by atoms with Gasteiger partial charge in [0.05, 0.1) is 6.20 Å². The summed E-state index contributed by atoms with van der Waals surface area (Å²) in [6.45, 7) is 0.209. The first kappa shape index (κ1) is 9.17.